The van der Waals surface area contributed by atoms with Gasteiger partial charge in [0.05, 0.1) is 28.3 Å². The lowest BCUT2D eigenvalue weighted by molar-refractivity contribution is -0.384. The fourth-order valence-electron chi connectivity index (χ4n) is 2.66. The van der Waals surface area contributed by atoms with Gasteiger partial charge < -0.3 is 14.2 Å². The second-order valence-electron chi connectivity index (χ2n) is 6.62. The molecule has 0 aliphatic carbocycles. The number of rotatable bonds is 9. The molecule has 174 valence electrons. The highest BCUT2D eigenvalue weighted by molar-refractivity contribution is 9.10. The maximum atomic E-state index is 12.2. The van der Waals surface area contributed by atoms with E-state index in [4.69, 9.17) is 14.2 Å². The van der Waals surface area contributed by atoms with Crippen molar-refractivity contribution in [1.82, 2.24) is 5.43 Å². The average molecular weight is 528 g/mol. The Hall–Kier alpha value is -4.25. The van der Waals surface area contributed by atoms with E-state index in [1.54, 1.807) is 48.5 Å². The zero-order valence-electron chi connectivity index (χ0n) is 17.8. The SMILES string of the molecule is COc1cc(/C=N\NC(=O)COc2ccc([N+](=O)[O-])cc2Br)ccc1OC(=O)c1ccccc1. The summed E-state index contributed by atoms with van der Waals surface area (Å²) < 4.78 is 16.4. The molecule has 1 N–H and O–H groups in total. The minimum Gasteiger partial charge on any atom is -0.493 e. The first-order valence-electron chi connectivity index (χ1n) is 9.71. The van der Waals surface area contributed by atoms with Gasteiger partial charge in [0.2, 0.25) is 0 Å². The van der Waals surface area contributed by atoms with Gasteiger partial charge in [0, 0.05) is 12.1 Å². The molecule has 3 rings (SSSR count). The van der Waals surface area contributed by atoms with Crippen molar-refractivity contribution in [3.8, 4) is 17.2 Å². The van der Waals surface area contributed by atoms with E-state index < -0.39 is 16.8 Å². The van der Waals surface area contributed by atoms with Crippen LogP contribution in [-0.4, -0.2) is 36.7 Å². The van der Waals surface area contributed by atoms with Crippen molar-refractivity contribution in [3.05, 3.63) is 92.4 Å². The van der Waals surface area contributed by atoms with Gasteiger partial charge in [0.25, 0.3) is 11.6 Å². The molecule has 0 aliphatic heterocycles. The number of methoxy groups -OCH3 is 1. The Labute approximate surface area is 202 Å². The summed E-state index contributed by atoms with van der Waals surface area (Å²) in [5.74, 6) is -0.241. The standard InChI is InChI=1S/C23H18BrN3O7/c1-32-21-11-15(7-9-20(21)34-23(29)16-5-3-2-4-6-16)13-25-26-22(28)14-33-19-10-8-17(27(30)31)12-18(19)24/h2-13H,14H2,1H3,(H,26,28)/b25-13-. The number of benzene rings is 3. The summed E-state index contributed by atoms with van der Waals surface area (Å²) in [7, 11) is 1.44. The fourth-order valence-corrected chi connectivity index (χ4v) is 3.14. The Morgan fingerprint density at radius 1 is 1.06 bits per heavy atom. The van der Waals surface area contributed by atoms with Gasteiger partial charge in [0.15, 0.2) is 18.1 Å². The second-order valence-corrected chi connectivity index (χ2v) is 7.47. The predicted octanol–water partition coefficient (Wildman–Crippen LogP) is 4.11. The number of hydrogen-bond donors (Lipinski definition) is 1. The molecule has 0 unspecified atom stereocenters. The van der Waals surface area contributed by atoms with E-state index >= 15 is 0 Å². The maximum Gasteiger partial charge on any atom is 0.343 e. The third-order valence-corrected chi connectivity index (χ3v) is 4.91. The molecule has 0 spiro atoms. The molecule has 0 saturated carbocycles. The molecule has 3 aromatic rings. The fraction of sp³-hybridized carbons (Fsp3) is 0.0870. The molecule has 0 saturated heterocycles. The number of hydrazone groups is 1. The van der Waals surface area contributed by atoms with Gasteiger partial charge in [-0.1, -0.05) is 18.2 Å². The van der Waals surface area contributed by atoms with Crippen LogP contribution < -0.4 is 19.6 Å². The van der Waals surface area contributed by atoms with Crippen LogP contribution in [0.2, 0.25) is 0 Å². The first kappa shape index (κ1) is 24.4. The number of nitrogens with one attached hydrogen (secondary N) is 1. The molecule has 0 bridgehead atoms. The van der Waals surface area contributed by atoms with Crippen molar-refractivity contribution in [1.29, 1.82) is 0 Å². The molecule has 0 atom stereocenters. The average Bonchev–Trinajstić information content (AvgIpc) is 2.84. The molecule has 1 amide bonds. The van der Waals surface area contributed by atoms with Crippen LogP contribution in [0.4, 0.5) is 5.69 Å². The lowest BCUT2D eigenvalue weighted by Gasteiger charge is -2.10. The number of nitro benzene ring substituents is 1. The summed E-state index contributed by atoms with van der Waals surface area (Å²) in [5.41, 5.74) is 3.19. The van der Waals surface area contributed by atoms with E-state index in [0.29, 0.717) is 21.3 Å². The lowest BCUT2D eigenvalue weighted by Crippen LogP contribution is -2.24. The molecular formula is C23H18BrN3O7. The number of nitro groups is 1. The summed E-state index contributed by atoms with van der Waals surface area (Å²) in [6, 6.07) is 17.3. The predicted molar refractivity (Wildman–Crippen MR) is 126 cm³/mol. The van der Waals surface area contributed by atoms with Crippen molar-refractivity contribution in [2.45, 2.75) is 0 Å². The molecule has 0 fully saturated rings. The third-order valence-electron chi connectivity index (χ3n) is 4.29. The van der Waals surface area contributed by atoms with E-state index in [2.05, 4.69) is 26.5 Å². The van der Waals surface area contributed by atoms with Crippen LogP contribution in [0.25, 0.3) is 0 Å². The van der Waals surface area contributed by atoms with Gasteiger partial charge in [-0.3, -0.25) is 14.9 Å². The Morgan fingerprint density at radius 2 is 1.79 bits per heavy atom. The molecule has 0 aromatic heterocycles. The molecule has 0 heterocycles. The van der Waals surface area contributed by atoms with Crippen LogP contribution >= 0.6 is 15.9 Å². The third kappa shape index (κ3) is 6.62. The topological polar surface area (TPSA) is 129 Å². The number of esters is 1. The monoisotopic (exact) mass is 527 g/mol. The van der Waals surface area contributed by atoms with Crippen LogP contribution in [0, 0.1) is 10.1 Å². The number of nitrogens with zero attached hydrogens (tertiary/aromatic N) is 2. The van der Waals surface area contributed by atoms with E-state index in [1.807, 2.05) is 0 Å². The summed E-state index contributed by atoms with van der Waals surface area (Å²) in [6.07, 6.45) is 1.38. The smallest absolute Gasteiger partial charge is 0.343 e. The Morgan fingerprint density at radius 3 is 2.47 bits per heavy atom. The number of halogens is 1. The minimum absolute atomic E-state index is 0.107. The molecular weight excluding hydrogens is 510 g/mol. The zero-order chi connectivity index (χ0) is 24.5. The first-order chi connectivity index (χ1) is 16.4. The normalized spacial score (nSPS) is 10.5. The van der Waals surface area contributed by atoms with Gasteiger partial charge in [0.1, 0.15) is 5.75 Å². The van der Waals surface area contributed by atoms with Crippen molar-refractivity contribution >= 4 is 39.7 Å². The van der Waals surface area contributed by atoms with Gasteiger partial charge in [-0.15, -0.1) is 0 Å². The summed E-state index contributed by atoms with van der Waals surface area (Å²) in [5, 5.41) is 14.6. The lowest BCUT2D eigenvalue weighted by atomic mass is 10.2. The molecule has 3 aromatic carbocycles. The minimum atomic E-state index is -0.540. The Kier molecular flexibility index (Phi) is 8.30. The highest BCUT2D eigenvalue weighted by Crippen LogP contribution is 2.29. The molecule has 0 radical (unpaired) electrons. The number of ether oxygens (including phenoxy) is 3. The summed E-state index contributed by atoms with van der Waals surface area (Å²) >= 11 is 3.16. The molecule has 0 aliphatic rings. The van der Waals surface area contributed by atoms with Crippen LogP contribution in [0.15, 0.2) is 76.3 Å². The van der Waals surface area contributed by atoms with E-state index in [0.717, 1.165) is 0 Å². The van der Waals surface area contributed by atoms with Crippen molar-refractivity contribution < 1.29 is 28.7 Å². The number of hydrogen-bond acceptors (Lipinski definition) is 8. The highest BCUT2D eigenvalue weighted by atomic mass is 79.9. The molecule has 11 heteroatoms. The quantitative estimate of drug-likeness (QED) is 0.145. The number of carbonyl (C=O) groups excluding carboxylic acids is 2. The van der Waals surface area contributed by atoms with Crippen molar-refractivity contribution in [2.75, 3.05) is 13.7 Å². The van der Waals surface area contributed by atoms with E-state index in [-0.39, 0.29) is 23.8 Å². The van der Waals surface area contributed by atoms with E-state index in [9.17, 15) is 19.7 Å². The van der Waals surface area contributed by atoms with E-state index in [1.165, 1.54) is 31.5 Å². The summed E-state index contributed by atoms with van der Waals surface area (Å²) in [4.78, 5) is 34.4. The zero-order valence-corrected chi connectivity index (χ0v) is 19.4. The van der Waals surface area contributed by atoms with Crippen LogP contribution in [0.5, 0.6) is 17.2 Å². The van der Waals surface area contributed by atoms with Gasteiger partial charge in [-0.25, -0.2) is 10.2 Å². The Balaban J connectivity index is 1.55. The van der Waals surface area contributed by atoms with Gasteiger partial charge in [-0.2, -0.15) is 5.10 Å². The Bertz CT molecular complexity index is 1230. The second kappa shape index (κ2) is 11.6. The van der Waals surface area contributed by atoms with Gasteiger partial charge >= 0.3 is 5.97 Å². The van der Waals surface area contributed by atoms with Crippen LogP contribution in [0.3, 0.4) is 0 Å². The number of carbonyl (C=O) groups is 2. The number of non-ortho nitro benzene ring substituents is 1. The van der Waals surface area contributed by atoms with Crippen molar-refractivity contribution in [3.63, 3.8) is 0 Å². The maximum absolute atomic E-state index is 12.2. The van der Waals surface area contributed by atoms with Crippen LogP contribution in [0.1, 0.15) is 15.9 Å². The number of amides is 1. The van der Waals surface area contributed by atoms with Crippen LogP contribution in [-0.2, 0) is 4.79 Å². The highest BCUT2D eigenvalue weighted by Gasteiger charge is 2.13. The first-order valence-corrected chi connectivity index (χ1v) is 10.5. The largest absolute Gasteiger partial charge is 0.493 e. The summed E-state index contributed by atoms with van der Waals surface area (Å²) in [6.45, 7) is -0.356. The van der Waals surface area contributed by atoms with Gasteiger partial charge in [-0.05, 0) is 57.9 Å². The molecule has 10 nitrogen and oxygen atoms in total. The van der Waals surface area contributed by atoms with Crippen molar-refractivity contribution in [2.24, 2.45) is 5.10 Å². The molecule has 34 heavy (non-hydrogen) atoms.